The standard InChI is InChI=1S/C21H17N5O2/c27-20(23-12-13-24-21(28)18-9-3-4-11-22-18)14-6-5-10-17-19(14)26-16-8-2-1-7-15(16)25-17/h1-11H,12-13H2,(H,23,27)(H,24,28). The molecular formula is C21H17N5O2. The largest absolute Gasteiger partial charge is 0.350 e. The van der Waals surface area contributed by atoms with Crippen molar-refractivity contribution in [2.75, 3.05) is 13.1 Å². The number of rotatable bonds is 5. The molecule has 0 spiro atoms. The van der Waals surface area contributed by atoms with Gasteiger partial charge in [0.1, 0.15) is 11.2 Å². The van der Waals surface area contributed by atoms with Gasteiger partial charge in [0.05, 0.1) is 22.1 Å². The van der Waals surface area contributed by atoms with E-state index in [-0.39, 0.29) is 18.4 Å². The van der Waals surface area contributed by atoms with Crippen LogP contribution < -0.4 is 10.6 Å². The maximum absolute atomic E-state index is 12.6. The summed E-state index contributed by atoms with van der Waals surface area (Å²) >= 11 is 0. The van der Waals surface area contributed by atoms with E-state index in [4.69, 9.17) is 0 Å². The molecule has 2 heterocycles. The van der Waals surface area contributed by atoms with Gasteiger partial charge < -0.3 is 10.6 Å². The van der Waals surface area contributed by atoms with Gasteiger partial charge in [0.25, 0.3) is 11.8 Å². The first-order chi connectivity index (χ1) is 13.7. The maximum atomic E-state index is 12.6. The Morgan fingerprint density at radius 3 is 2.14 bits per heavy atom. The fourth-order valence-corrected chi connectivity index (χ4v) is 2.86. The summed E-state index contributed by atoms with van der Waals surface area (Å²) in [5.41, 5.74) is 3.52. The number of para-hydroxylation sites is 3. The van der Waals surface area contributed by atoms with Crippen molar-refractivity contribution in [3.8, 4) is 0 Å². The van der Waals surface area contributed by atoms with Gasteiger partial charge >= 0.3 is 0 Å². The molecule has 0 aliphatic heterocycles. The third-order valence-corrected chi connectivity index (χ3v) is 4.21. The smallest absolute Gasteiger partial charge is 0.269 e. The first-order valence-corrected chi connectivity index (χ1v) is 8.85. The lowest BCUT2D eigenvalue weighted by atomic mass is 10.1. The highest BCUT2D eigenvalue weighted by atomic mass is 16.2. The van der Waals surface area contributed by atoms with E-state index in [9.17, 15) is 9.59 Å². The summed E-state index contributed by atoms with van der Waals surface area (Å²) in [6.07, 6.45) is 1.56. The van der Waals surface area contributed by atoms with Crippen LogP contribution in [0.1, 0.15) is 20.8 Å². The van der Waals surface area contributed by atoms with Gasteiger partial charge in [-0.2, -0.15) is 0 Å². The predicted octanol–water partition coefficient (Wildman–Crippen LogP) is 2.34. The van der Waals surface area contributed by atoms with Gasteiger partial charge in [-0.05, 0) is 36.4 Å². The van der Waals surface area contributed by atoms with Crippen LogP contribution in [0, 0.1) is 0 Å². The first kappa shape index (κ1) is 17.5. The van der Waals surface area contributed by atoms with Crippen LogP contribution in [0.4, 0.5) is 0 Å². The molecule has 0 radical (unpaired) electrons. The number of amides is 2. The highest BCUT2D eigenvalue weighted by molar-refractivity contribution is 6.06. The molecular weight excluding hydrogens is 354 g/mol. The summed E-state index contributed by atoms with van der Waals surface area (Å²) in [5.74, 6) is -0.542. The van der Waals surface area contributed by atoms with E-state index < -0.39 is 0 Å². The lowest BCUT2D eigenvalue weighted by Gasteiger charge is -2.09. The predicted molar refractivity (Wildman–Crippen MR) is 106 cm³/mol. The van der Waals surface area contributed by atoms with E-state index in [1.54, 1.807) is 36.5 Å². The maximum Gasteiger partial charge on any atom is 0.269 e. The average molecular weight is 371 g/mol. The molecule has 0 atom stereocenters. The van der Waals surface area contributed by atoms with E-state index in [2.05, 4.69) is 25.6 Å². The molecule has 2 aromatic heterocycles. The van der Waals surface area contributed by atoms with Crippen LogP contribution in [0.15, 0.2) is 66.9 Å². The Morgan fingerprint density at radius 1 is 0.714 bits per heavy atom. The molecule has 138 valence electrons. The Labute approximate surface area is 160 Å². The zero-order valence-corrected chi connectivity index (χ0v) is 14.9. The monoisotopic (exact) mass is 371 g/mol. The minimum atomic E-state index is -0.280. The topological polar surface area (TPSA) is 96.9 Å². The molecule has 7 nitrogen and oxygen atoms in total. The normalized spacial score (nSPS) is 10.7. The molecule has 0 aliphatic rings. The summed E-state index contributed by atoms with van der Waals surface area (Å²) < 4.78 is 0. The van der Waals surface area contributed by atoms with Crippen molar-refractivity contribution in [1.82, 2.24) is 25.6 Å². The summed E-state index contributed by atoms with van der Waals surface area (Å²) in [4.78, 5) is 37.7. The lowest BCUT2D eigenvalue weighted by Crippen LogP contribution is -2.35. The van der Waals surface area contributed by atoms with E-state index in [1.165, 1.54) is 0 Å². The number of aromatic nitrogens is 3. The van der Waals surface area contributed by atoms with E-state index in [0.29, 0.717) is 28.8 Å². The van der Waals surface area contributed by atoms with Crippen molar-refractivity contribution in [3.63, 3.8) is 0 Å². The molecule has 0 aliphatic carbocycles. The molecule has 0 fully saturated rings. The summed E-state index contributed by atoms with van der Waals surface area (Å²) in [5, 5.41) is 5.53. The van der Waals surface area contributed by atoms with Gasteiger partial charge in [-0.1, -0.05) is 24.3 Å². The minimum Gasteiger partial charge on any atom is -0.350 e. The number of nitrogens with one attached hydrogen (secondary N) is 2. The number of carbonyl (C=O) groups is 2. The molecule has 28 heavy (non-hydrogen) atoms. The highest BCUT2D eigenvalue weighted by Crippen LogP contribution is 2.19. The van der Waals surface area contributed by atoms with Crippen LogP contribution in [0.25, 0.3) is 22.1 Å². The van der Waals surface area contributed by atoms with Gasteiger partial charge in [-0.15, -0.1) is 0 Å². The molecule has 7 heteroatoms. The van der Waals surface area contributed by atoms with Gasteiger partial charge in [0.15, 0.2) is 0 Å². The summed E-state index contributed by atoms with van der Waals surface area (Å²) in [6.45, 7) is 0.579. The highest BCUT2D eigenvalue weighted by Gasteiger charge is 2.13. The van der Waals surface area contributed by atoms with Gasteiger partial charge in [0, 0.05) is 19.3 Å². The van der Waals surface area contributed by atoms with Crippen LogP contribution >= 0.6 is 0 Å². The number of carbonyl (C=O) groups excluding carboxylic acids is 2. The number of hydrogen-bond donors (Lipinski definition) is 2. The van der Waals surface area contributed by atoms with Crippen molar-refractivity contribution in [1.29, 1.82) is 0 Å². The Kier molecular flexibility index (Phi) is 4.88. The molecule has 0 unspecified atom stereocenters. The second-order valence-electron chi connectivity index (χ2n) is 6.11. The van der Waals surface area contributed by atoms with Crippen LogP contribution in [-0.2, 0) is 0 Å². The zero-order chi connectivity index (χ0) is 19.3. The van der Waals surface area contributed by atoms with Crippen molar-refractivity contribution < 1.29 is 9.59 Å². The van der Waals surface area contributed by atoms with Crippen LogP contribution in [0.3, 0.4) is 0 Å². The number of pyridine rings is 1. The van der Waals surface area contributed by atoms with Gasteiger partial charge in [-0.3, -0.25) is 14.6 Å². The second kappa shape index (κ2) is 7.79. The third-order valence-electron chi connectivity index (χ3n) is 4.21. The van der Waals surface area contributed by atoms with Crippen molar-refractivity contribution >= 4 is 33.9 Å². The Morgan fingerprint density at radius 2 is 1.39 bits per heavy atom. The molecule has 0 saturated heterocycles. The minimum absolute atomic E-state index is 0.262. The first-order valence-electron chi connectivity index (χ1n) is 8.85. The SMILES string of the molecule is O=C(NCCNC(=O)c1cccc2nc3ccccc3nc12)c1ccccn1. The Hall–Kier alpha value is -3.87. The Bertz CT molecular complexity index is 1160. The molecule has 0 saturated carbocycles. The molecule has 2 amide bonds. The molecule has 0 bridgehead atoms. The fourth-order valence-electron chi connectivity index (χ4n) is 2.86. The second-order valence-corrected chi connectivity index (χ2v) is 6.11. The zero-order valence-electron chi connectivity index (χ0n) is 14.9. The summed E-state index contributed by atoms with van der Waals surface area (Å²) in [7, 11) is 0. The lowest BCUT2D eigenvalue weighted by molar-refractivity contribution is 0.0925. The molecule has 2 N–H and O–H groups in total. The summed E-state index contributed by atoms with van der Waals surface area (Å²) in [6, 6.07) is 18.0. The van der Waals surface area contributed by atoms with Gasteiger partial charge in [-0.25, -0.2) is 9.97 Å². The van der Waals surface area contributed by atoms with Crippen LogP contribution in [0.2, 0.25) is 0 Å². The number of hydrogen-bond acceptors (Lipinski definition) is 5. The molecule has 2 aromatic carbocycles. The number of fused-ring (bicyclic) bond motifs is 2. The van der Waals surface area contributed by atoms with Crippen LogP contribution in [0.5, 0.6) is 0 Å². The van der Waals surface area contributed by atoms with Gasteiger partial charge in [0.2, 0.25) is 0 Å². The van der Waals surface area contributed by atoms with Crippen molar-refractivity contribution in [3.05, 3.63) is 78.1 Å². The number of nitrogens with zero attached hydrogens (tertiary/aromatic N) is 3. The van der Waals surface area contributed by atoms with Crippen molar-refractivity contribution in [2.24, 2.45) is 0 Å². The Balaban J connectivity index is 1.44. The molecule has 4 aromatic rings. The van der Waals surface area contributed by atoms with E-state index in [0.717, 1.165) is 11.0 Å². The quantitative estimate of drug-likeness (QED) is 0.415. The number of benzene rings is 2. The van der Waals surface area contributed by atoms with Crippen LogP contribution in [-0.4, -0.2) is 39.9 Å². The average Bonchev–Trinajstić information content (AvgIpc) is 2.75. The van der Waals surface area contributed by atoms with E-state index >= 15 is 0 Å². The van der Waals surface area contributed by atoms with E-state index in [1.807, 2.05) is 30.3 Å². The fraction of sp³-hybridized carbons (Fsp3) is 0.0952. The third kappa shape index (κ3) is 3.64. The van der Waals surface area contributed by atoms with Crippen molar-refractivity contribution in [2.45, 2.75) is 0 Å². The molecule has 4 rings (SSSR count).